The fraction of sp³-hybridized carbons (Fsp3) is 0.318. The second-order valence-electron chi connectivity index (χ2n) is 7.23. The first-order valence-corrected chi connectivity index (χ1v) is 10.0. The molecule has 0 fully saturated rings. The Hall–Kier alpha value is -2.75. The molecule has 0 aliphatic heterocycles. The van der Waals surface area contributed by atoms with Gasteiger partial charge in [-0.15, -0.1) is 0 Å². The van der Waals surface area contributed by atoms with Gasteiger partial charge < -0.3 is 4.90 Å². The number of anilines is 1. The van der Waals surface area contributed by atoms with E-state index in [0.29, 0.717) is 17.7 Å². The van der Waals surface area contributed by atoms with Crippen molar-refractivity contribution in [3.63, 3.8) is 0 Å². The lowest BCUT2D eigenvalue weighted by Crippen LogP contribution is -2.33. The summed E-state index contributed by atoms with van der Waals surface area (Å²) in [6, 6.07) is 13.1. The molecule has 0 radical (unpaired) electrons. The minimum Gasteiger partial charge on any atom is -0.309 e. The van der Waals surface area contributed by atoms with Gasteiger partial charge in [-0.3, -0.25) is 9.69 Å². The summed E-state index contributed by atoms with van der Waals surface area (Å²) in [4.78, 5) is 21.9. The highest BCUT2D eigenvalue weighted by Crippen LogP contribution is 2.32. The van der Waals surface area contributed by atoms with Crippen LogP contribution < -0.4 is 4.90 Å². The summed E-state index contributed by atoms with van der Waals surface area (Å²) >= 11 is 1.55. The van der Waals surface area contributed by atoms with Gasteiger partial charge in [0.2, 0.25) is 0 Å². The van der Waals surface area contributed by atoms with Gasteiger partial charge in [0.15, 0.2) is 5.13 Å². The molecular weight excluding hydrogens is 368 g/mol. The average Bonchev–Trinajstić information content (AvgIpc) is 3.08. The molecule has 1 heterocycles. The molecule has 6 heteroatoms. The number of hydrogen-bond acceptors (Lipinski definition) is 5. The second-order valence-corrected chi connectivity index (χ2v) is 8.24. The predicted octanol–water partition coefficient (Wildman–Crippen LogP) is 4.38. The highest BCUT2D eigenvalue weighted by molar-refractivity contribution is 7.22. The van der Waals surface area contributed by atoms with Gasteiger partial charge in [0, 0.05) is 12.1 Å². The first-order valence-electron chi connectivity index (χ1n) is 9.23. The molecule has 3 aromatic rings. The summed E-state index contributed by atoms with van der Waals surface area (Å²) in [7, 11) is 4.05. The van der Waals surface area contributed by atoms with E-state index in [2.05, 4.69) is 36.9 Å². The van der Waals surface area contributed by atoms with Crippen molar-refractivity contribution in [3.05, 3.63) is 58.7 Å². The number of hydrogen-bond donors (Lipinski definition) is 0. The van der Waals surface area contributed by atoms with Gasteiger partial charge in [-0.05, 0) is 82.4 Å². The highest BCUT2D eigenvalue weighted by Gasteiger charge is 2.21. The first-order chi connectivity index (χ1) is 13.4. The Kier molecular flexibility index (Phi) is 6.08. The SMILES string of the molecule is Cc1cc(C)c2nc(N(CCCN(C)C)C(=O)c3ccc(C#N)cc3)sc2c1. The molecule has 2 aromatic carbocycles. The number of carbonyl (C=O) groups excluding carboxylic acids is 1. The van der Waals surface area contributed by atoms with Gasteiger partial charge in [0.1, 0.15) is 0 Å². The van der Waals surface area contributed by atoms with Crippen molar-refractivity contribution in [2.45, 2.75) is 20.3 Å². The molecule has 3 rings (SSSR count). The molecule has 5 nitrogen and oxygen atoms in total. The Morgan fingerprint density at radius 3 is 2.50 bits per heavy atom. The van der Waals surface area contributed by atoms with E-state index in [9.17, 15) is 4.79 Å². The first kappa shape index (κ1) is 20.0. The standard InChI is InChI=1S/C22H24N4OS/c1-15-12-16(2)20-19(13-15)28-22(24-20)26(11-5-10-25(3)4)21(27)18-8-6-17(14-23)7-9-18/h6-9,12-13H,5,10-11H2,1-4H3. The van der Waals surface area contributed by atoms with Crippen LogP contribution in [0, 0.1) is 25.2 Å². The van der Waals surface area contributed by atoms with Crippen molar-refractivity contribution >= 4 is 32.6 Å². The number of carbonyl (C=O) groups is 1. The van der Waals surface area contributed by atoms with E-state index in [1.807, 2.05) is 14.1 Å². The number of benzene rings is 2. The quantitative estimate of drug-likeness (QED) is 0.624. The third kappa shape index (κ3) is 4.38. The Balaban J connectivity index is 1.97. The maximum absolute atomic E-state index is 13.2. The van der Waals surface area contributed by atoms with Crippen LogP contribution >= 0.6 is 11.3 Å². The van der Waals surface area contributed by atoms with Crippen LogP contribution in [0.4, 0.5) is 5.13 Å². The van der Waals surface area contributed by atoms with E-state index in [1.54, 1.807) is 40.5 Å². The van der Waals surface area contributed by atoms with Crippen molar-refractivity contribution in [2.75, 3.05) is 32.1 Å². The number of rotatable bonds is 6. The normalized spacial score (nSPS) is 11.0. The molecule has 0 atom stereocenters. The van der Waals surface area contributed by atoms with Crippen molar-refractivity contribution in [1.29, 1.82) is 5.26 Å². The number of aromatic nitrogens is 1. The lowest BCUT2D eigenvalue weighted by atomic mass is 10.1. The molecule has 1 aromatic heterocycles. The van der Waals surface area contributed by atoms with E-state index in [4.69, 9.17) is 10.2 Å². The van der Waals surface area contributed by atoms with Gasteiger partial charge >= 0.3 is 0 Å². The smallest absolute Gasteiger partial charge is 0.260 e. The molecule has 1 amide bonds. The van der Waals surface area contributed by atoms with Crippen molar-refractivity contribution < 1.29 is 4.79 Å². The largest absolute Gasteiger partial charge is 0.309 e. The van der Waals surface area contributed by atoms with Crippen LogP contribution in [-0.2, 0) is 0 Å². The molecular formula is C22H24N4OS. The molecule has 0 aliphatic carbocycles. The van der Waals surface area contributed by atoms with Crippen LogP contribution in [-0.4, -0.2) is 43.0 Å². The molecule has 0 unspecified atom stereocenters. The Bertz CT molecular complexity index is 1030. The Morgan fingerprint density at radius 1 is 1.14 bits per heavy atom. The minimum absolute atomic E-state index is 0.0864. The zero-order valence-electron chi connectivity index (χ0n) is 16.7. The second kappa shape index (κ2) is 8.51. The highest BCUT2D eigenvalue weighted by atomic mass is 32.1. The van der Waals surface area contributed by atoms with Crippen LogP contribution in [0.15, 0.2) is 36.4 Å². The third-order valence-electron chi connectivity index (χ3n) is 4.54. The Labute approximate surface area is 169 Å². The van der Waals surface area contributed by atoms with Crippen molar-refractivity contribution in [1.82, 2.24) is 9.88 Å². The maximum Gasteiger partial charge on any atom is 0.260 e. The number of nitrogens with zero attached hydrogens (tertiary/aromatic N) is 4. The van der Waals surface area contributed by atoms with Crippen LogP contribution in [0.1, 0.15) is 33.5 Å². The predicted molar refractivity (Wildman–Crippen MR) is 115 cm³/mol. The van der Waals surface area contributed by atoms with Gasteiger partial charge in [0.25, 0.3) is 5.91 Å². The van der Waals surface area contributed by atoms with Crippen molar-refractivity contribution in [3.8, 4) is 6.07 Å². The molecule has 0 saturated carbocycles. The van der Waals surface area contributed by atoms with Crippen LogP contribution in [0.2, 0.25) is 0 Å². The number of nitriles is 1. The van der Waals surface area contributed by atoms with Crippen LogP contribution in [0.3, 0.4) is 0 Å². The van der Waals surface area contributed by atoms with E-state index in [-0.39, 0.29) is 5.91 Å². The molecule has 0 N–H and O–H groups in total. The van der Waals surface area contributed by atoms with E-state index < -0.39 is 0 Å². The van der Waals surface area contributed by atoms with Crippen LogP contribution in [0.25, 0.3) is 10.2 Å². The fourth-order valence-electron chi connectivity index (χ4n) is 3.15. The molecule has 0 spiro atoms. The molecule has 0 aliphatic rings. The summed E-state index contributed by atoms with van der Waals surface area (Å²) in [5.41, 5.74) is 4.38. The summed E-state index contributed by atoms with van der Waals surface area (Å²) in [5.74, 6) is -0.0864. The molecule has 144 valence electrons. The lowest BCUT2D eigenvalue weighted by Gasteiger charge is -2.21. The van der Waals surface area contributed by atoms with Gasteiger partial charge in [0.05, 0.1) is 21.8 Å². The van der Waals surface area contributed by atoms with Gasteiger partial charge in [-0.2, -0.15) is 5.26 Å². The van der Waals surface area contributed by atoms with Crippen molar-refractivity contribution in [2.24, 2.45) is 0 Å². The summed E-state index contributed by atoms with van der Waals surface area (Å²) < 4.78 is 1.10. The fourth-order valence-corrected chi connectivity index (χ4v) is 4.31. The minimum atomic E-state index is -0.0864. The lowest BCUT2D eigenvalue weighted by molar-refractivity contribution is 0.0986. The Morgan fingerprint density at radius 2 is 1.86 bits per heavy atom. The third-order valence-corrected chi connectivity index (χ3v) is 5.57. The zero-order chi connectivity index (χ0) is 20.3. The van der Waals surface area contributed by atoms with E-state index in [0.717, 1.165) is 33.9 Å². The molecule has 0 bridgehead atoms. The average molecular weight is 393 g/mol. The maximum atomic E-state index is 13.2. The topological polar surface area (TPSA) is 60.2 Å². The number of fused-ring (bicyclic) bond motifs is 1. The van der Waals surface area contributed by atoms with Crippen LogP contribution in [0.5, 0.6) is 0 Å². The molecule has 28 heavy (non-hydrogen) atoms. The number of thiazole rings is 1. The summed E-state index contributed by atoms with van der Waals surface area (Å²) in [6.07, 6.45) is 0.850. The summed E-state index contributed by atoms with van der Waals surface area (Å²) in [5, 5.41) is 9.71. The van der Waals surface area contributed by atoms with E-state index >= 15 is 0 Å². The van der Waals surface area contributed by atoms with Gasteiger partial charge in [-0.1, -0.05) is 17.4 Å². The summed E-state index contributed by atoms with van der Waals surface area (Å²) in [6.45, 7) is 5.61. The number of amides is 1. The zero-order valence-corrected chi connectivity index (χ0v) is 17.5. The van der Waals surface area contributed by atoms with E-state index in [1.165, 1.54) is 5.56 Å². The van der Waals surface area contributed by atoms with Gasteiger partial charge in [-0.25, -0.2) is 4.98 Å². The number of aryl methyl sites for hydroxylation is 2. The monoisotopic (exact) mass is 392 g/mol. The molecule has 0 saturated heterocycles.